The van der Waals surface area contributed by atoms with Crippen LogP contribution < -0.4 is 4.90 Å². The van der Waals surface area contributed by atoms with Crippen LogP contribution in [0.1, 0.15) is 39.2 Å². The zero-order valence-corrected chi connectivity index (χ0v) is 12.3. The molecule has 1 aliphatic heterocycles. The van der Waals surface area contributed by atoms with E-state index in [4.69, 9.17) is 4.74 Å². The minimum absolute atomic E-state index is 0.0762. The van der Waals surface area contributed by atoms with Gasteiger partial charge in [-0.2, -0.15) is 0 Å². The maximum absolute atomic E-state index is 12.0. The molecule has 4 nitrogen and oxygen atoms in total. The number of anilines is 1. The van der Waals surface area contributed by atoms with Crippen LogP contribution in [0.25, 0.3) is 0 Å². The average Bonchev–Trinajstić information content (AvgIpc) is 2.35. The Bertz CT molecular complexity index is 517. The molecule has 1 aromatic carbocycles. The summed E-state index contributed by atoms with van der Waals surface area (Å²) in [5.41, 5.74) is 1.60. The highest BCUT2D eigenvalue weighted by molar-refractivity contribution is 5.96. The predicted molar refractivity (Wildman–Crippen MR) is 77.6 cm³/mol. The van der Waals surface area contributed by atoms with Crippen molar-refractivity contribution in [3.63, 3.8) is 0 Å². The SMILES string of the molecule is CC(C)(C)OC(=O)CCN1C(=O)CCc2ccccc21. The molecule has 0 spiro atoms. The lowest BCUT2D eigenvalue weighted by molar-refractivity contribution is -0.154. The first kappa shape index (κ1) is 14.6. The number of carbonyl (C=O) groups is 2. The molecule has 1 amide bonds. The summed E-state index contributed by atoms with van der Waals surface area (Å²) >= 11 is 0. The van der Waals surface area contributed by atoms with Gasteiger partial charge in [0.15, 0.2) is 0 Å². The number of amides is 1. The molecule has 0 unspecified atom stereocenters. The second-order valence-corrected chi connectivity index (χ2v) is 6.01. The van der Waals surface area contributed by atoms with E-state index in [0.717, 1.165) is 17.7 Å². The molecule has 4 heteroatoms. The Balaban J connectivity index is 2.02. The summed E-state index contributed by atoms with van der Waals surface area (Å²) in [7, 11) is 0. The lowest BCUT2D eigenvalue weighted by Crippen LogP contribution is -2.37. The van der Waals surface area contributed by atoms with Crippen molar-refractivity contribution in [2.45, 2.75) is 45.6 Å². The van der Waals surface area contributed by atoms with Gasteiger partial charge in [-0.05, 0) is 38.8 Å². The Morgan fingerprint density at radius 3 is 2.65 bits per heavy atom. The predicted octanol–water partition coefficient (Wildman–Crippen LogP) is 2.70. The van der Waals surface area contributed by atoms with E-state index in [0.29, 0.717) is 13.0 Å². The first-order valence-electron chi connectivity index (χ1n) is 6.97. The molecule has 2 rings (SSSR count). The van der Waals surface area contributed by atoms with Crippen molar-refractivity contribution in [1.29, 1.82) is 0 Å². The Morgan fingerprint density at radius 1 is 1.25 bits per heavy atom. The van der Waals surface area contributed by atoms with E-state index in [-0.39, 0.29) is 18.3 Å². The van der Waals surface area contributed by atoms with Gasteiger partial charge in [-0.25, -0.2) is 0 Å². The molecule has 1 heterocycles. The molecule has 0 radical (unpaired) electrons. The minimum Gasteiger partial charge on any atom is -0.460 e. The summed E-state index contributed by atoms with van der Waals surface area (Å²) < 4.78 is 5.28. The molecular formula is C16H21NO3. The molecule has 0 fully saturated rings. The zero-order valence-electron chi connectivity index (χ0n) is 12.3. The van der Waals surface area contributed by atoms with Crippen molar-refractivity contribution >= 4 is 17.6 Å². The molecule has 1 aliphatic rings. The van der Waals surface area contributed by atoms with Gasteiger partial charge in [0, 0.05) is 18.7 Å². The fraction of sp³-hybridized carbons (Fsp3) is 0.500. The zero-order chi connectivity index (χ0) is 14.8. The molecule has 0 aliphatic carbocycles. The summed E-state index contributed by atoms with van der Waals surface area (Å²) in [4.78, 5) is 25.5. The molecule has 0 saturated carbocycles. The van der Waals surface area contributed by atoms with Gasteiger partial charge in [0.2, 0.25) is 5.91 Å². The highest BCUT2D eigenvalue weighted by Crippen LogP contribution is 2.27. The number of aryl methyl sites for hydroxylation is 1. The molecule has 0 saturated heterocycles. The average molecular weight is 275 g/mol. The van der Waals surface area contributed by atoms with Crippen molar-refractivity contribution in [1.82, 2.24) is 0 Å². The summed E-state index contributed by atoms with van der Waals surface area (Å²) in [6.07, 6.45) is 1.50. The third kappa shape index (κ3) is 3.59. The van der Waals surface area contributed by atoms with Crippen LogP contribution in [0.5, 0.6) is 0 Å². The minimum atomic E-state index is -0.485. The third-order valence-electron chi connectivity index (χ3n) is 3.15. The standard InChI is InChI=1S/C16H21NO3/c1-16(2,3)20-15(19)10-11-17-13-7-5-4-6-12(13)8-9-14(17)18/h4-7H,8-11H2,1-3H3. The fourth-order valence-corrected chi connectivity index (χ4v) is 2.34. The number of hydrogen-bond donors (Lipinski definition) is 0. The number of para-hydroxylation sites is 1. The van der Waals surface area contributed by atoms with Crippen molar-refractivity contribution < 1.29 is 14.3 Å². The van der Waals surface area contributed by atoms with E-state index in [1.165, 1.54) is 0 Å². The van der Waals surface area contributed by atoms with Crippen LogP contribution in [-0.4, -0.2) is 24.0 Å². The second kappa shape index (κ2) is 5.65. The van der Waals surface area contributed by atoms with Crippen LogP contribution in [-0.2, 0) is 20.7 Å². The molecule has 0 atom stereocenters. The van der Waals surface area contributed by atoms with Gasteiger partial charge in [-0.1, -0.05) is 18.2 Å². The smallest absolute Gasteiger partial charge is 0.308 e. The van der Waals surface area contributed by atoms with Gasteiger partial charge in [-0.15, -0.1) is 0 Å². The lowest BCUT2D eigenvalue weighted by Gasteiger charge is -2.29. The van der Waals surface area contributed by atoms with E-state index in [2.05, 4.69) is 0 Å². The maximum atomic E-state index is 12.0. The van der Waals surface area contributed by atoms with Crippen molar-refractivity contribution in [3.8, 4) is 0 Å². The second-order valence-electron chi connectivity index (χ2n) is 6.01. The number of rotatable bonds is 3. The van der Waals surface area contributed by atoms with Crippen molar-refractivity contribution in [3.05, 3.63) is 29.8 Å². The van der Waals surface area contributed by atoms with Crippen LogP contribution in [0.3, 0.4) is 0 Å². The van der Waals surface area contributed by atoms with Crippen LogP contribution >= 0.6 is 0 Å². The highest BCUT2D eigenvalue weighted by Gasteiger charge is 2.25. The largest absolute Gasteiger partial charge is 0.460 e. The Hall–Kier alpha value is -1.84. The third-order valence-corrected chi connectivity index (χ3v) is 3.15. The molecule has 0 bridgehead atoms. The Morgan fingerprint density at radius 2 is 1.95 bits per heavy atom. The number of ether oxygens (including phenoxy) is 1. The van der Waals surface area contributed by atoms with E-state index in [9.17, 15) is 9.59 Å². The van der Waals surface area contributed by atoms with Gasteiger partial charge < -0.3 is 9.64 Å². The van der Waals surface area contributed by atoms with Crippen LogP contribution in [0.4, 0.5) is 5.69 Å². The van der Waals surface area contributed by atoms with Crippen molar-refractivity contribution in [2.24, 2.45) is 0 Å². The van der Waals surface area contributed by atoms with E-state index in [1.807, 2.05) is 45.0 Å². The lowest BCUT2D eigenvalue weighted by atomic mass is 10.0. The summed E-state index contributed by atoms with van der Waals surface area (Å²) in [5.74, 6) is -0.194. The van der Waals surface area contributed by atoms with Gasteiger partial charge in [0.05, 0.1) is 6.42 Å². The first-order chi connectivity index (χ1) is 9.37. The van der Waals surface area contributed by atoms with E-state index in [1.54, 1.807) is 4.90 Å². The molecule has 0 N–H and O–H groups in total. The molecular weight excluding hydrogens is 254 g/mol. The number of hydrogen-bond acceptors (Lipinski definition) is 3. The van der Waals surface area contributed by atoms with Crippen LogP contribution in [0.15, 0.2) is 24.3 Å². The number of nitrogens with zero attached hydrogens (tertiary/aromatic N) is 1. The Labute approximate surface area is 119 Å². The molecule has 108 valence electrons. The van der Waals surface area contributed by atoms with Crippen molar-refractivity contribution in [2.75, 3.05) is 11.4 Å². The quantitative estimate of drug-likeness (QED) is 0.797. The van der Waals surface area contributed by atoms with Gasteiger partial charge in [0.25, 0.3) is 0 Å². The Kier molecular flexibility index (Phi) is 4.12. The molecule has 20 heavy (non-hydrogen) atoms. The number of carbonyl (C=O) groups excluding carboxylic acids is 2. The summed E-state index contributed by atoms with van der Waals surface area (Å²) in [5, 5.41) is 0. The topological polar surface area (TPSA) is 46.6 Å². The maximum Gasteiger partial charge on any atom is 0.308 e. The summed E-state index contributed by atoms with van der Waals surface area (Å²) in [6, 6.07) is 7.85. The number of benzene rings is 1. The summed E-state index contributed by atoms with van der Waals surface area (Å²) in [6.45, 7) is 5.90. The molecule has 0 aromatic heterocycles. The molecule has 1 aromatic rings. The van der Waals surface area contributed by atoms with Gasteiger partial charge in [0.1, 0.15) is 5.60 Å². The number of fused-ring (bicyclic) bond motifs is 1. The van der Waals surface area contributed by atoms with Gasteiger partial charge in [-0.3, -0.25) is 9.59 Å². The normalized spacial score (nSPS) is 14.9. The highest BCUT2D eigenvalue weighted by atomic mass is 16.6. The fourth-order valence-electron chi connectivity index (χ4n) is 2.34. The monoisotopic (exact) mass is 275 g/mol. The van der Waals surface area contributed by atoms with Crippen LogP contribution in [0.2, 0.25) is 0 Å². The van der Waals surface area contributed by atoms with Gasteiger partial charge >= 0.3 is 5.97 Å². The number of esters is 1. The van der Waals surface area contributed by atoms with E-state index < -0.39 is 5.60 Å². The first-order valence-corrected chi connectivity index (χ1v) is 6.97. The van der Waals surface area contributed by atoms with Crippen LogP contribution in [0, 0.1) is 0 Å². The van der Waals surface area contributed by atoms with E-state index >= 15 is 0 Å².